The molecule has 5 heteroatoms. The minimum absolute atomic E-state index is 0.476. The molecule has 0 amide bonds. The van der Waals surface area contributed by atoms with E-state index in [1.165, 1.54) is 0 Å². The molecule has 3 aromatic heterocycles. The van der Waals surface area contributed by atoms with Crippen molar-refractivity contribution in [1.29, 1.82) is 0 Å². The lowest BCUT2D eigenvalue weighted by atomic mass is 10.0. The summed E-state index contributed by atoms with van der Waals surface area (Å²) in [7, 11) is 0. The second-order valence-corrected chi connectivity index (χ2v) is 5.47. The Morgan fingerprint density at radius 1 is 0.875 bits per heavy atom. The zero-order valence-electron chi connectivity index (χ0n) is 13.0. The molecule has 5 nitrogen and oxygen atoms in total. The average molecular weight is 314 g/mol. The Morgan fingerprint density at radius 2 is 1.79 bits per heavy atom. The van der Waals surface area contributed by atoms with E-state index in [-0.39, 0.29) is 0 Å². The Bertz CT molecular complexity index is 965. The van der Waals surface area contributed by atoms with Crippen molar-refractivity contribution < 1.29 is 4.52 Å². The summed E-state index contributed by atoms with van der Waals surface area (Å²) in [4.78, 5) is 12.9. The van der Waals surface area contributed by atoms with Crippen LogP contribution in [0, 0.1) is 6.92 Å². The largest absolute Gasteiger partial charge is 0.334 e. The molecule has 0 aliphatic heterocycles. The van der Waals surface area contributed by atoms with Gasteiger partial charge in [-0.15, -0.1) is 0 Å². The van der Waals surface area contributed by atoms with E-state index in [1.54, 1.807) is 12.4 Å². The van der Waals surface area contributed by atoms with E-state index in [2.05, 4.69) is 26.2 Å². The molecule has 0 aliphatic carbocycles. The lowest BCUT2D eigenvalue weighted by Crippen LogP contribution is -1.86. The Kier molecular flexibility index (Phi) is 3.59. The van der Waals surface area contributed by atoms with Gasteiger partial charge in [0.2, 0.25) is 5.82 Å². The molecule has 0 spiro atoms. The third-order valence-electron chi connectivity index (χ3n) is 3.64. The molecule has 0 N–H and O–H groups in total. The van der Waals surface area contributed by atoms with Crippen LogP contribution in [0.25, 0.3) is 34.1 Å². The molecule has 0 radical (unpaired) electrons. The molecule has 116 valence electrons. The van der Waals surface area contributed by atoms with Gasteiger partial charge >= 0.3 is 0 Å². The molecule has 0 fully saturated rings. The molecular weight excluding hydrogens is 300 g/mol. The number of nitrogens with zero attached hydrogens (tertiary/aromatic N) is 4. The number of rotatable bonds is 3. The normalized spacial score (nSPS) is 10.7. The van der Waals surface area contributed by atoms with Gasteiger partial charge in [-0.25, -0.2) is 0 Å². The van der Waals surface area contributed by atoms with Gasteiger partial charge in [0.1, 0.15) is 5.69 Å². The second-order valence-electron chi connectivity index (χ2n) is 5.47. The van der Waals surface area contributed by atoms with Crippen LogP contribution in [0.4, 0.5) is 0 Å². The number of benzene rings is 1. The van der Waals surface area contributed by atoms with Crippen molar-refractivity contribution in [3.8, 4) is 34.1 Å². The van der Waals surface area contributed by atoms with Gasteiger partial charge in [-0.2, -0.15) is 4.98 Å². The zero-order chi connectivity index (χ0) is 16.4. The minimum atomic E-state index is 0.476. The predicted octanol–water partition coefficient (Wildman–Crippen LogP) is 4.17. The summed E-state index contributed by atoms with van der Waals surface area (Å²) in [5.41, 5.74) is 4.79. The standard InChI is InChI=1S/C19H14N4O/c1-13-9-15(14-5-4-7-20-12-14)11-16(10-13)19-22-18(23-24-19)17-6-2-3-8-21-17/h2-12H,1H3. The first-order valence-corrected chi connectivity index (χ1v) is 7.57. The van der Waals surface area contributed by atoms with Gasteiger partial charge in [0.05, 0.1) is 0 Å². The summed E-state index contributed by atoms with van der Waals surface area (Å²) in [6.45, 7) is 2.04. The Balaban J connectivity index is 1.75. The fourth-order valence-electron chi connectivity index (χ4n) is 2.55. The number of hydrogen-bond acceptors (Lipinski definition) is 5. The van der Waals surface area contributed by atoms with Crippen LogP contribution in [0.2, 0.25) is 0 Å². The molecule has 4 aromatic rings. The number of pyridine rings is 2. The van der Waals surface area contributed by atoms with Gasteiger partial charge in [0.15, 0.2) is 0 Å². The van der Waals surface area contributed by atoms with E-state index in [1.807, 2.05) is 55.6 Å². The highest BCUT2D eigenvalue weighted by Crippen LogP contribution is 2.28. The highest BCUT2D eigenvalue weighted by molar-refractivity contribution is 5.70. The topological polar surface area (TPSA) is 64.7 Å². The minimum Gasteiger partial charge on any atom is -0.334 e. The van der Waals surface area contributed by atoms with Crippen LogP contribution in [0.5, 0.6) is 0 Å². The third kappa shape index (κ3) is 2.79. The van der Waals surface area contributed by atoms with Crippen LogP contribution in [-0.4, -0.2) is 20.1 Å². The number of aromatic nitrogens is 4. The van der Waals surface area contributed by atoms with E-state index < -0.39 is 0 Å². The predicted molar refractivity (Wildman–Crippen MR) is 90.9 cm³/mol. The van der Waals surface area contributed by atoms with Gasteiger partial charge < -0.3 is 4.52 Å². The second kappa shape index (κ2) is 6.04. The van der Waals surface area contributed by atoms with E-state index in [4.69, 9.17) is 4.52 Å². The van der Waals surface area contributed by atoms with Crippen LogP contribution in [0.3, 0.4) is 0 Å². The Hall–Kier alpha value is -3.34. The highest BCUT2D eigenvalue weighted by atomic mass is 16.5. The van der Waals surface area contributed by atoms with Crippen molar-refractivity contribution >= 4 is 0 Å². The van der Waals surface area contributed by atoms with Crippen molar-refractivity contribution in [2.24, 2.45) is 0 Å². The smallest absolute Gasteiger partial charge is 0.258 e. The molecule has 4 rings (SSSR count). The first-order chi connectivity index (χ1) is 11.8. The first-order valence-electron chi connectivity index (χ1n) is 7.57. The molecule has 0 saturated heterocycles. The lowest BCUT2D eigenvalue weighted by Gasteiger charge is -2.05. The number of hydrogen-bond donors (Lipinski definition) is 0. The Morgan fingerprint density at radius 3 is 2.58 bits per heavy atom. The van der Waals surface area contributed by atoms with E-state index in [0.29, 0.717) is 17.4 Å². The molecule has 24 heavy (non-hydrogen) atoms. The molecule has 0 aliphatic rings. The van der Waals surface area contributed by atoms with E-state index in [0.717, 1.165) is 22.3 Å². The molecular formula is C19H14N4O. The van der Waals surface area contributed by atoms with Crippen molar-refractivity contribution in [2.75, 3.05) is 0 Å². The van der Waals surface area contributed by atoms with Crippen LogP contribution >= 0.6 is 0 Å². The van der Waals surface area contributed by atoms with Crippen molar-refractivity contribution in [1.82, 2.24) is 20.1 Å². The van der Waals surface area contributed by atoms with Gasteiger partial charge in [-0.05, 0) is 48.4 Å². The summed E-state index contributed by atoms with van der Waals surface area (Å²) in [6, 6.07) is 15.7. The third-order valence-corrected chi connectivity index (χ3v) is 3.64. The fraction of sp³-hybridized carbons (Fsp3) is 0.0526. The van der Waals surface area contributed by atoms with E-state index >= 15 is 0 Å². The maximum atomic E-state index is 5.43. The molecule has 0 unspecified atom stereocenters. The zero-order valence-corrected chi connectivity index (χ0v) is 13.0. The fourth-order valence-corrected chi connectivity index (χ4v) is 2.55. The van der Waals surface area contributed by atoms with Crippen LogP contribution in [-0.2, 0) is 0 Å². The van der Waals surface area contributed by atoms with Crippen molar-refractivity contribution in [3.63, 3.8) is 0 Å². The summed E-state index contributed by atoms with van der Waals surface area (Å²) in [5, 5.41) is 4.03. The molecule has 0 atom stereocenters. The Labute approximate surface area is 139 Å². The van der Waals surface area contributed by atoms with Gasteiger partial charge in [0, 0.05) is 29.7 Å². The molecule has 1 aromatic carbocycles. The first kappa shape index (κ1) is 14.3. The summed E-state index contributed by atoms with van der Waals surface area (Å²) in [5.74, 6) is 0.958. The lowest BCUT2D eigenvalue weighted by molar-refractivity contribution is 0.432. The van der Waals surface area contributed by atoms with Gasteiger partial charge in [0.25, 0.3) is 5.89 Å². The molecule has 3 heterocycles. The maximum absolute atomic E-state index is 5.43. The van der Waals surface area contributed by atoms with Crippen molar-refractivity contribution in [2.45, 2.75) is 6.92 Å². The quantitative estimate of drug-likeness (QED) is 0.568. The van der Waals surface area contributed by atoms with Crippen molar-refractivity contribution in [3.05, 3.63) is 72.7 Å². The summed E-state index contributed by atoms with van der Waals surface area (Å²) in [6.07, 6.45) is 5.31. The average Bonchev–Trinajstić information content (AvgIpc) is 3.13. The molecule has 0 saturated carbocycles. The maximum Gasteiger partial charge on any atom is 0.258 e. The number of aryl methyl sites for hydroxylation is 1. The van der Waals surface area contributed by atoms with Gasteiger partial charge in [-0.3, -0.25) is 9.97 Å². The molecule has 0 bridgehead atoms. The van der Waals surface area contributed by atoms with Gasteiger partial charge in [-0.1, -0.05) is 23.4 Å². The van der Waals surface area contributed by atoms with E-state index in [9.17, 15) is 0 Å². The summed E-state index contributed by atoms with van der Waals surface area (Å²) < 4.78 is 5.43. The van der Waals surface area contributed by atoms with Crippen LogP contribution in [0.1, 0.15) is 5.56 Å². The monoisotopic (exact) mass is 314 g/mol. The summed E-state index contributed by atoms with van der Waals surface area (Å²) >= 11 is 0. The SMILES string of the molecule is Cc1cc(-c2cccnc2)cc(-c2nc(-c3ccccn3)no2)c1. The van der Waals surface area contributed by atoms with Crippen LogP contribution in [0.15, 0.2) is 71.6 Å². The van der Waals surface area contributed by atoms with Crippen LogP contribution < -0.4 is 0 Å². The highest BCUT2D eigenvalue weighted by Gasteiger charge is 2.13.